The second-order valence-corrected chi connectivity index (χ2v) is 3.48. The van der Waals surface area contributed by atoms with Crippen LogP contribution in [-0.4, -0.2) is 36.5 Å². The van der Waals surface area contributed by atoms with E-state index in [1.807, 2.05) is 24.3 Å². The van der Waals surface area contributed by atoms with Gasteiger partial charge in [0, 0.05) is 17.8 Å². The number of aliphatic imine (C=N–C) groups is 1. The lowest BCUT2D eigenvalue weighted by Gasteiger charge is -2.05. The molecule has 0 spiro atoms. The molecule has 0 radical (unpaired) electrons. The molecule has 0 bridgehead atoms. The Morgan fingerprint density at radius 1 is 1.44 bits per heavy atom. The van der Waals surface area contributed by atoms with E-state index in [4.69, 9.17) is 5.11 Å². The highest BCUT2D eigenvalue weighted by molar-refractivity contribution is 5.99. The summed E-state index contributed by atoms with van der Waals surface area (Å²) in [6.07, 6.45) is 0. The number of aliphatic carboxylic acids is 1. The Balaban J connectivity index is 2.01. The van der Waals surface area contributed by atoms with Crippen molar-refractivity contribution in [2.24, 2.45) is 4.99 Å². The van der Waals surface area contributed by atoms with Crippen molar-refractivity contribution in [3.63, 3.8) is 0 Å². The average molecular weight is 219 g/mol. The van der Waals surface area contributed by atoms with Crippen LogP contribution in [0.5, 0.6) is 0 Å². The van der Waals surface area contributed by atoms with E-state index in [1.54, 1.807) is 0 Å². The van der Waals surface area contributed by atoms with Crippen molar-refractivity contribution in [1.82, 2.24) is 5.32 Å². The fourth-order valence-electron chi connectivity index (χ4n) is 1.51. The van der Waals surface area contributed by atoms with E-state index < -0.39 is 5.97 Å². The van der Waals surface area contributed by atoms with Gasteiger partial charge in [0.05, 0.1) is 6.54 Å². The Bertz CT molecular complexity index is 412. The summed E-state index contributed by atoms with van der Waals surface area (Å²) in [6.45, 7) is 1.63. The van der Waals surface area contributed by atoms with Crippen molar-refractivity contribution < 1.29 is 9.90 Å². The number of benzene rings is 1. The average Bonchev–Trinajstić information content (AvgIpc) is 2.80. The topological polar surface area (TPSA) is 73.7 Å². The third kappa shape index (κ3) is 2.50. The highest BCUT2D eigenvalue weighted by Gasteiger charge is 2.07. The minimum atomic E-state index is -0.870. The maximum Gasteiger partial charge on any atom is 0.322 e. The van der Waals surface area contributed by atoms with E-state index in [0.29, 0.717) is 0 Å². The highest BCUT2D eigenvalue weighted by Crippen LogP contribution is 2.10. The number of carboxylic acids is 1. The lowest BCUT2D eigenvalue weighted by Crippen LogP contribution is -2.19. The Hall–Kier alpha value is -2.04. The van der Waals surface area contributed by atoms with Gasteiger partial charge in [-0.3, -0.25) is 9.79 Å². The van der Waals surface area contributed by atoms with Crippen molar-refractivity contribution in [1.29, 1.82) is 0 Å². The smallest absolute Gasteiger partial charge is 0.322 e. The second-order valence-electron chi connectivity index (χ2n) is 3.48. The Labute approximate surface area is 93.2 Å². The molecule has 0 aliphatic carbocycles. The number of nitrogens with zero attached hydrogens (tertiary/aromatic N) is 1. The molecule has 1 aliphatic rings. The molecule has 1 aromatic carbocycles. The van der Waals surface area contributed by atoms with Crippen LogP contribution in [0.25, 0.3) is 0 Å². The third-order valence-electron chi connectivity index (χ3n) is 2.28. The van der Waals surface area contributed by atoms with Crippen LogP contribution in [-0.2, 0) is 4.79 Å². The Kier molecular flexibility index (Phi) is 3.05. The lowest BCUT2D eigenvalue weighted by molar-refractivity contribution is -0.134. The molecule has 5 nitrogen and oxygen atoms in total. The van der Waals surface area contributed by atoms with Gasteiger partial charge >= 0.3 is 5.97 Å². The van der Waals surface area contributed by atoms with Gasteiger partial charge in [0.2, 0.25) is 0 Å². The number of hydrogen-bond donors (Lipinski definition) is 3. The molecule has 1 aliphatic heterocycles. The second kappa shape index (κ2) is 4.65. The van der Waals surface area contributed by atoms with E-state index in [0.717, 1.165) is 30.2 Å². The number of rotatable bonds is 4. The van der Waals surface area contributed by atoms with Gasteiger partial charge in [-0.2, -0.15) is 0 Å². The molecule has 0 saturated heterocycles. The molecule has 1 heterocycles. The van der Waals surface area contributed by atoms with Crippen LogP contribution < -0.4 is 10.6 Å². The zero-order valence-corrected chi connectivity index (χ0v) is 8.73. The molecule has 3 N–H and O–H groups in total. The van der Waals surface area contributed by atoms with Crippen LogP contribution in [0.2, 0.25) is 0 Å². The minimum Gasteiger partial charge on any atom is -0.480 e. The van der Waals surface area contributed by atoms with E-state index in [9.17, 15) is 4.79 Å². The monoisotopic (exact) mass is 219 g/mol. The summed E-state index contributed by atoms with van der Waals surface area (Å²) in [6, 6.07) is 7.53. The quantitative estimate of drug-likeness (QED) is 0.690. The van der Waals surface area contributed by atoms with E-state index in [-0.39, 0.29) is 6.54 Å². The van der Waals surface area contributed by atoms with Gasteiger partial charge in [0.1, 0.15) is 12.4 Å². The summed E-state index contributed by atoms with van der Waals surface area (Å²) in [7, 11) is 0. The molecule has 2 rings (SSSR count). The molecule has 1 aromatic rings. The lowest BCUT2D eigenvalue weighted by atomic mass is 10.2. The van der Waals surface area contributed by atoms with Crippen LogP contribution in [0.4, 0.5) is 5.69 Å². The SMILES string of the molecule is O=C(O)CNc1ccc(C2=NCCN2)cc1. The highest BCUT2D eigenvalue weighted by atomic mass is 16.4. The van der Waals surface area contributed by atoms with Gasteiger partial charge in [-0.05, 0) is 24.3 Å². The van der Waals surface area contributed by atoms with E-state index in [1.165, 1.54) is 0 Å². The number of anilines is 1. The summed E-state index contributed by atoms with van der Waals surface area (Å²) >= 11 is 0. The zero-order chi connectivity index (χ0) is 11.4. The molecule has 5 heteroatoms. The molecule has 0 fully saturated rings. The number of carbonyl (C=O) groups is 1. The van der Waals surface area contributed by atoms with Gasteiger partial charge in [-0.25, -0.2) is 0 Å². The van der Waals surface area contributed by atoms with Crippen molar-refractivity contribution in [2.75, 3.05) is 25.0 Å². The summed E-state index contributed by atoms with van der Waals surface area (Å²) in [5.74, 6) is 0.0377. The fourth-order valence-corrected chi connectivity index (χ4v) is 1.51. The number of nitrogens with one attached hydrogen (secondary N) is 2. The van der Waals surface area contributed by atoms with Crippen molar-refractivity contribution >= 4 is 17.5 Å². The van der Waals surface area contributed by atoms with E-state index >= 15 is 0 Å². The van der Waals surface area contributed by atoms with Gasteiger partial charge < -0.3 is 15.7 Å². The predicted octanol–water partition coefficient (Wildman–Crippen LogP) is 0.533. The molecule has 84 valence electrons. The minimum absolute atomic E-state index is 0.0709. The van der Waals surface area contributed by atoms with Crippen LogP contribution in [0.15, 0.2) is 29.3 Å². The van der Waals surface area contributed by atoms with Crippen LogP contribution in [0.1, 0.15) is 5.56 Å². The van der Waals surface area contributed by atoms with Gasteiger partial charge in [-0.15, -0.1) is 0 Å². The first kappa shape index (κ1) is 10.5. The van der Waals surface area contributed by atoms with Crippen LogP contribution in [0.3, 0.4) is 0 Å². The first-order valence-corrected chi connectivity index (χ1v) is 5.10. The van der Waals surface area contributed by atoms with Gasteiger partial charge in [-0.1, -0.05) is 0 Å². The number of hydrogen-bond acceptors (Lipinski definition) is 4. The maximum absolute atomic E-state index is 10.4. The Morgan fingerprint density at radius 2 is 2.19 bits per heavy atom. The van der Waals surface area contributed by atoms with Crippen LogP contribution >= 0.6 is 0 Å². The molecule has 0 saturated carbocycles. The molecule has 0 aromatic heterocycles. The molecule has 16 heavy (non-hydrogen) atoms. The third-order valence-corrected chi connectivity index (χ3v) is 2.28. The number of amidine groups is 1. The van der Waals surface area contributed by atoms with Crippen molar-refractivity contribution in [2.45, 2.75) is 0 Å². The summed E-state index contributed by atoms with van der Waals surface area (Å²) in [5, 5.41) is 14.5. The summed E-state index contributed by atoms with van der Waals surface area (Å²) in [4.78, 5) is 14.7. The first-order valence-electron chi connectivity index (χ1n) is 5.10. The van der Waals surface area contributed by atoms with E-state index in [2.05, 4.69) is 15.6 Å². The zero-order valence-electron chi connectivity index (χ0n) is 8.73. The Morgan fingerprint density at radius 3 is 2.75 bits per heavy atom. The maximum atomic E-state index is 10.4. The fraction of sp³-hybridized carbons (Fsp3) is 0.273. The molecule has 0 unspecified atom stereocenters. The molecule has 0 amide bonds. The summed E-state index contributed by atoms with van der Waals surface area (Å²) in [5.41, 5.74) is 1.82. The first-order chi connectivity index (χ1) is 7.75. The van der Waals surface area contributed by atoms with Crippen molar-refractivity contribution in [3.8, 4) is 0 Å². The largest absolute Gasteiger partial charge is 0.480 e. The van der Waals surface area contributed by atoms with Crippen LogP contribution in [0, 0.1) is 0 Å². The number of carboxylic acid groups (broad SMARTS) is 1. The summed E-state index contributed by atoms with van der Waals surface area (Å²) < 4.78 is 0. The predicted molar refractivity (Wildman–Crippen MR) is 62.0 cm³/mol. The van der Waals surface area contributed by atoms with Crippen molar-refractivity contribution in [3.05, 3.63) is 29.8 Å². The normalized spacial score (nSPS) is 14.1. The molecular formula is C11H13N3O2. The van der Waals surface area contributed by atoms with Gasteiger partial charge in [0.25, 0.3) is 0 Å². The molecular weight excluding hydrogens is 206 g/mol. The van der Waals surface area contributed by atoms with Gasteiger partial charge in [0.15, 0.2) is 0 Å². The molecule has 0 atom stereocenters. The standard InChI is InChI=1S/C11H13N3O2/c15-10(16)7-14-9-3-1-8(2-4-9)11-12-5-6-13-11/h1-4,14H,5-7H2,(H,12,13)(H,15,16).